The van der Waals surface area contributed by atoms with E-state index in [0.717, 1.165) is 12.8 Å². The number of amides is 1. The summed E-state index contributed by atoms with van der Waals surface area (Å²) in [6.45, 7) is 0.343. The van der Waals surface area contributed by atoms with E-state index in [1.807, 2.05) is 0 Å². The van der Waals surface area contributed by atoms with Crippen LogP contribution >= 0.6 is 0 Å². The Hall–Kier alpha value is -1.86. The van der Waals surface area contributed by atoms with E-state index in [-0.39, 0.29) is 18.1 Å². The zero-order chi connectivity index (χ0) is 14.4. The first-order chi connectivity index (χ1) is 9.70. The maximum Gasteiger partial charge on any atom is 0.251 e. The van der Waals surface area contributed by atoms with E-state index in [1.54, 1.807) is 6.07 Å². The lowest BCUT2D eigenvalue weighted by molar-refractivity contribution is 0.0947. The fourth-order valence-electron chi connectivity index (χ4n) is 2.45. The van der Waals surface area contributed by atoms with Gasteiger partial charge in [-0.05, 0) is 37.0 Å². The molecule has 0 radical (unpaired) electrons. The van der Waals surface area contributed by atoms with Crippen molar-refractivity contribution in [3.63, 3.8) is 0 Å². The Balaban J connectivity index is 1.97. The fraction of sp³-hybridized carbons (Fsp3) is 0.438. The van der Waals surface area contributed by atoms with Gasteiger partial charge < -0.3 is 10.4 Å². The van der Waals surface area contributed by atoms with Crippen LogP contribution in [0, 0.1) is 23.6 Å². The van der Waals surface area contributed by atoms with E-state index in [4.69, 9.17) is 5.11 Å². The quantitative estimate of drug-likeness (QED) is 0.830. The van der Waals surface area contributed by atoms with Gasteiger partial charge in [-0.3, -0.25) is 4.79 Å². The molecule has 0 spiro atoms. The van der Waals surface area contributed by atoms with Gasteiger partial charge in [-0.25, -0.2) is 4.39 Å². The number of benzene rings is 1. The van der Waals surface area contributed by atoms with Crippen LogP contribution in [0.25, 0.3) is 0 Å². The lowest BCUT2D eigenvalue weighted by Gasteiger charge is -2.10. The first-order valence-corrected chi connectivity index (χ1v) is 6.88. The van der Waals surface area contributed by atoms with Crippen molar-refractivity contribution in [3.8, 4) is 11.8 Å². The highest BCUT2D eigenvalue weighted by Gasteiger charge is 2.16. The van der Waals surface area contributed by atoms with Crippen LogP contribution in [-0.2, 0) is 0 Å². The highest BCUT2D eigenvalue weighted by atomic mass is 19.1. The maximum absolute atomic E-state index is 13.7. The molecule has 1 aromatic carbocycles. The van der Waals surface area contributed by atoms with E-state index in [9.17, 15) is 9.18 Å². The number of aliphatic hydroxyl groups excluding tert-OH is 1. The van der Waals surface area contributed by atoms with Gasteiger partial charge in [0.2, 0.25) is 0 Å². The average molecular weight is 275 g/mol. The molecule has 0 atom stereocenters. The Labute approximate surface area is 118 Å². The second-order valence-corrected chi connectivity index (χ2v) is 5.02. The monoisotopic (exact) mass is 275 g/mol. The molecule has 1 aliphatic carbocycles. The first-order valence-electron chi connectivity index (χ1n) is 6.88. The first kappa shape index (κ1) is 14.5. The van der Waals surface area contributed by atoms with Gasteiger partial charge in [0.05, 0.1) is 5.56 Å². The van der Waals surface area contributed by atoms with Crippen molar-refractivity contribution >= 4 is 5.91 Å². The van der Waals surface area contributed by atoms with Crippen molar-refractivity contribution in [2.75, 3.05) is 13.2 Å². The minimum Gasteiger partial charge on any atom is -0.384 e. The fourth-order valence-corrected chi connectivity index (χ4v) is 2.45. The topological polar surface area (TPSA) is 49.3 Å². The lowest BCUT2D eigenvalue weighted by Crippen LogP contribution is -2.28. The normalized spacial score (nSPS) is 14.7. The van der Waals surface area contributed by atoms with Gasteiger partial charge in [0.25, 0.3) is 5.91 Å². The van der Waals surface area contributed by atoms with Crippen molar-refractivity contribution in [1.29, 1.82) is 0 Å². The molecule has 3 nitrogen and oxygen atoms in total. The molecule has 2 rings (SSSR count). The molecule has 0 aliphatic heterocycles. The molecule has 1 aliphatic rings. The second-order valence-electron chi connectivity index (χ2n) is 5.02. The van der Waals surface area contributed by atoms with Crippen LogP contribution in [0.15, 0.2) is 18.2 Å². The van der Waals surface area contributed by atoms with Crippen LogP contribution < -0.4 is 5.32 Å². The molecule has 106 valence electrons. The molecule has 1 amide bonds. The van der Waals surface area contributed by atoms with Gasteiger partial charge in [-0.1, -0.05) is 24.7 Å². The van der Waals surface area contributed by atoms with E-state index >= 15 is 0 Å². The van der Waals surface area contributed by atoms with Gasteiger partial charge in [0.15, 0.2) is 0 Å². The van der Waals surface area contributed by atoms with Crippen molar-refractivity contribution in [3.05, 3.63) is 35.1 Å². The summed E-state index contributed by atoms with van der Waals surface area (Å²) in [6, 6.07) is 4.20. The summed E-state index contributed by atoms with van der Waals surface area (Å²) in [5.41, 5.74) is 0.487. The smallest absolute Gasteiger partial charge is 0.251 e. The Morgan fingerprint density at radius 1 is 1.40 bits per heavy atom. The van der Waals surface area contributed by atoms with Crippen LogP contribution in [-0.4, -0.2) is 24.2 Å². The number of hydrogen-bond donors (Lipinski definition) is 2. The zero-order valence-electron chi connectivity index (χ0n) is 11.3. The largest absolute Gasteiger partial charge is 0.384 e. The number of halogens is 1. The molecule has 1 fully saturated rings. The van der Waals surface area contributed by atoms with Gasteiger partial charge in [0, 0.05) is 12.1 Å². The number of aliphatic hydroxyl groups is 1. The Kier molecular flexibility index (Phi) is 5.14. The van der Waals surface area contributed by atoms with Crippen molar-refractivity contribution < 1.29 is 14.3 Å². The van der Waals surface area contributed by atoms with E-state index < -0.39 is 5.82 Å². The number of rotatable bonds is 3. The minimum absolute atomic E-state index is 0.186. The summed E-state index contributed by atoms with van der Waals surface area (Å²) < 4.78 is 13.7. The molecule has 1 aromatic rings. The molecule has 0 bridgehead atoms. The Morgan fingerprint density at radius 2 is 2.15 bits per heavy atom. The number of carbonyl (C=O) groups excluding carboxylic acids is 1. The van der Waals surface area contributed by atoms with Crippen LogP contribution in [0.3, 0.4) is 0 Å². The lowest BCUT2D eigenvalue weighted by atomic mass is 10.1. The van der Waals surface area contributed by atoms with E-state index in [1.165, 1.54) is 25.0 Å². The molecule has 0 heterocycles. The van der Waals surface area contributed by atoms with Crippen LogP contribution in [0.4, 0.5) is 4.39 Å². The number of carbonyl (C=O) groups is 1. The standard InChI is InChI=1S/C16H18FNO2/c17-15-10-14(8-7-13(15)6-3-9-19)16(20)18-11-12-4-1-2-5-12/h7-8,10,12,19H,1-2,4-5,9,11H2,(H,18,20). The summed E-state index contributed by atoms with van der Waals surface area (Å²) in [7, 11) is 0. The maximum atomic E-state index is 13.7. The summed E-state index contributed by atoms with van der Waals surface area (Å²) in [4.78, 5) is 11.9. The third kappa shape index (κ3) is 3.82. The summed E-state index contributed by atoms with van der Waals surface area (Å²) in [5, 5.41) is 11.4. The van der Waals surface area contributed by atoms with Crippen molar-refractivity contribution in [2.24, 2.45) is 5.92 Å². The highest BCUT2D eigenvalue weighted by molar-refractivity contribution is 5.94. The molecule has 1 saturated carbocycles. The van der Waals surface area contributed by atoms with Gasteiger partial charge in [-0.2, -0.15) is 0 Å². The molecular weight excluding hydrogens is 257 g/mol. The molecule has 20 heavy (non-hydrogen) atoms. The number of nitrogens with one attached hydrogen (secondary N) is 1. The van der Waals surface area contributed by atoms with Crippen LogP contribution in [0.1, 0.15) is 41.6 Å². The summed E-state index contributed by atoms with van der Waals surface area (Å²) in [5.74, 6) is 4.64. The Bertz CT molecular complexity index is 539. The molecule has 2 N–H and O–H groups in total. The molecule has 4 heteroatoms. The van der Waals surface area contributed by atoms with E-state index in [2.05, 4.69) is 17.2 Å². The average Bonchev–Trinajstić information content (AvgIpc) is 2.96. The molecule has 0 saturated heterocycles. The van der Waals surface area contributed by atoms with Crippen molar-refractivity contribution in [1.82, 2.24) is 5.32 Å². The second kappa shape index (κ2) is 7.06. The van der Waals surface area contributed by atoms with Crippen molar-refractivity contribution in [2.45, 2.75) is 25.7 Å². The SMILES string of the molecule is O=C(NCC1CCCC1)c1ccc(C#CCO)c(F)c1. The predicted molar refractivity (Wildman–Crippen MR) is 74.7 cm³/mol. The van der Waals surface area contributed by atoms with Crippen LogP contribution in [0.5, 0.6) is 0 Å². The highest BCUT2D eigenvalue weighted by Crippen LogP contribution is 2.23. The predicted octanol–water partition coefficient (Wildman–Crippen LogP) is 2.09. The van der Waals surface area contributed by atoms with Gasteiger partial charge in [0.1, 0.15) is 12.4 Å². The van der Waals surface area contributed by atoms with Gasteiger partial charge >= 0.3 is 0 Å². The molecule has 0 aromatic heterocycles. The third-order valence-electron chi connectivity index (χ3n) is 3.56. The number of hydrogen-bond acceptors (Lipinski definition) is 2. The third-order valence-corrected chi connectivity index (χ3v) is 3.56. The summed E-state index contributed by atoms with van der Waals surface area (Å²) in [6.07, 6.45) is 4.77. The zero-order valence-corrected chi connectivity index (χ0v) is 11.3. The van der Waals surface area contributed by atoms with E-state index in [0.29, 0.717) is 18.0 Å². The molecular formula is C16H18FNO2. The summed E-state index contributed by atoms with van der Waals surface area (Å²) >= 11 is 0. The van der Waals surface area contributed by atoms with Crippen LogP contribution in [0.2, 0.25) is 0 Å². The van der Waals surface area contributed by atoms with Gasteiger partial charge in [-0.15, -0.1) is 0 Å². The Morgan fingerprint density at radius 3 is 2.80 bits per heavy atom. The molecule has 0 unspecified atom stereocenters. The minimum atomic E-state index is -0.542.